The van der Waals surface area contributed by atoms with Crippen LogP contribution in [0.25, 0.3) is 10.9 Å². The van der Waals surface area contributed by atoms with Crippen molar-refractivity contribution in [2.24, 2.45) is 0 Å². The van der Waals surface area contributed by atoms with Crippen LogP contribution >= 0.6 is 0 Å². The Hall–Kier alpha value is -1.58. The summed E-state index contributed by atoms with van der Waals surface area (Å²) >= 11 is 0. The average molecular weight is 191 g/mol. The molecule has 0 unspecified atom stereocenters. The molecule has 0 fully saturated rings. The zero-order chi connectivity index (χ0) is 10.1. The Labute approximate surface area is 82.3 Å². The maximum atomic E-state index is 5.38. The lowest BCUT2D eigenvalue weighted by Crippen LogP contribution is -1.96. The Bertz CT molecular complexity index is 462. The molecule has 0 aliphatic heterocycles. The third-order valence-electron chi connectivity index (χ3n) is 2.38. The highest BCUT2D eigenvalue weighted by atomic mass is 16.5. The van der Waals surface area contributed by atoms with E-state index in [9.17, 15) is 0 Å². The largest absolute Gasteiger partial charge is 0.475 e. The molecule has 1 N–H and O–H groups in total. The molecule has 0 radical (unpaired) electrons. The Kier molecular flexibility index (Phi) is 2.11. The highest BCUT2D eigenvalue weighted by Gasteiger charge is 2.10. The van der Waals surface area contributed by atoms with E-state index in [0.29, 0.717) is 12.5 Å². The third kappa shape index (κ3) is 1.23. The summed E-state index contributed by atoms with van der Waals surface area (Å²) in [5, 5.41) is 8.94. The van der Waals surface area contributed by atoms with Crippen molar-refractivity contribution in [2.75, 3.05) is 6.61 Å². The smallest absolute Gasteiger partial charge is 0.258 e. The van der Waals surface area contributed by atoms with Crippen LogP contribution in [-0.4, -0.2) is 21.8 Å². The molecule has 0 spiro atoms. The van der Waals surface area contributed by atoms with Gasteiger partial charge in [0.2, 0.25) is 0 Å². The minimum atomic E-state index is 0.584. The van der Waals surface area contributed by atoms with Crippen molar-refractivity contribution in [1.82, 2.24) is 15.2 Å². The number of rotatable bonds is 2. The Morgan fingerprint density at radius 2 is 2.21 bits per heavy atom. The number of aryl methyl sites for hydroxylation is 2. The van der Waals surface area contributed by atoms with Crippen LogP contribution in [-0.2, 0) is 0 Å². The molecule has 0 saturated carbocycles. The van der Waals surface area contributed by atoms with Crippen LogP contribution in [0.3, 0.4) is 0 Å². The molecule has 0 aromatic carbocycles. The molecule has 0 bridgehead atoms. The molecule has 0 aliphatic rings. The molecule has 2 rings (SSSR count). The minimum absolute atomic E-state index is 0.584. The van der Waals surface area contributed by atoms with E-state index in [1.807, 2.05) is 13.8 Å². The van der Waals surface area contributed by atoms with Gasteiger partial charge in [-0.25, -0.2) is 0 Å². The van der Waals surface area contributed by atoms with Crippen LogP contribution in [0.1, 0.15) is 18.2 Å². The average Bonchev–Trinajstić information content (AvgIpc) is 2.46. The molecule has 4 nitrogen and oxygen atoms in total. The summed E-state index contributed by atoms with van der Waals surface area (Å²) in [7, 11) is 0. The third-order valence-corrected chi connectivity index (χ3v) is 2.38. The maximum absolute atomic E-state index is 5.38. The number of nitrogens with zero attached hydrogens (tertiary/aromatic N) is 2. The highest BCUT2D eigenvalue weighted by molar-refractivity contribution is 5.87. The van der Waals surface area contributed by atoms with Crippen molar-refractivity contribution in [1.29, 1.82) is 0 Å². The molecule has 0 amide bonds. The van der Waals surface area contributed by atoms with Gasteiger partial charge in [0, 0.05) is 11.1 Å². The second kappa shape index (κ2) is 3.29. The fraction of sp³-hybridized carbons (Fsp3) is 0.400. The van der Waals surface area contributed by atoms with Crippen molar-refractivity contribution < 1.29 is 4.74 Å². The van der Waals surface area contributed by atoms with Crippen LogP contribution in [0.5, 0.6) is 5.88 Å². The van der Waals surface area contributed by atoms with Gasteiger partial charge in [-0.15, -0.1) is 5.10 Å². The number of aromatic amines is 1. The van der Waals surface area contributed by atoms with Gasteiger partial charge in [-0.3, -0.25) is 0 Å². The fourth-order valence-corrected chi connectivity index (χ4v) is 1.49. The van der Waals surface area contributed by atoms with E-state index in [-0.39, 0.29) is 0 Å². The van der Waals surface area contributed by atoms with Gasteiger partial charge in [0.05, 0.1) is 12.8 Å². The van der Waals surface area contributed by atoms with E-state index in [0.717, 1.165) is 16.6 Å². The minimum Gasteiger partial charge on any atom is -0.475 e. The summed E-state index contributed by atoms with van der Waals surface area (Å²) in [6.45, 7) is 6.63. The molecule has 4 heteroatoms. The summed E-state index contributed by atoms with van der Waals surface area (Å²) in [5.41, 5.74) is 3.28. The van der Waals surface area contributed by atoms with Crippen molar-refractivity contribution >= 4 is 10.9 Å². The highest BCUT2D eigenvalue weighted by Crippen LogP contribution is 2.25. The molecular weight excluding hydrogens is 178 g/mol. The topological polar surface area (TPSA) is 50.8 Å². The molecule has 0 aliphatic carbocycles. The monoisotopic (exact) mass is 191 g/mol. The molecule has 0 saturated heterocycles. The van der Waals surface area contributed by atoms with Gasteiger partial charge in [-0.2, -0.15) is 5.10 Å². The first-order chi connectivity index (χ1) is 6.74. The molecule has 2 heterocycles. The van der Waals surface area contributed by atoms with Gasteiger partial charge in [-0.1, -0.05) is 0 Å². The van der Waals surface area contributed by atoms with E-state index in [4.69, 9.17) is 4.74 Å². The first-order valence-corrected chi connectivity index (χ1v) is 4.67. The summed E-state index contributed by atoms with van der Waals surface area (Å²) < 4.78 is 5.38. The van der Waals surface area contributed by atoms with Crippen LogP contribution in [0, 0.1) is 13.8 Å². The van der Waals surface area contributed by atoms with E-state index in [2.05, 4.69) is 22.1 Å². The van der Waals surface area contributed by atoms with Crippen molar-refractivity contribution in [2.45, 2.75) is 20.8 Å². The van der Waals surface area contributed by atoms with Gasteiger partial charge >= 0.3 is 0 Å². The molecule has 74 valence electrons. The number of aromatic nitrogens is 3. The lowest BCUT2D eigenvalue weighted by Gasteiger charge is -2.00. The number of hydrogen-bond acceptors (Lipinski definition) is 3. The zero-order valence-corrected chi connectivity index (χ0v) is 8.59. The number of H-pyrrole nitrogens is 1. The molecular formula is C10H13N3O. The first-order valence-electron chi connectivity index (χ1n) is 4.67. The SMILES string of the molecule is CCOc1nncc2c(C)c(C)[nH]c12. The molecule has 0 atom stereocenters. The first kappa shape index (κ1) is 8.99. The Morgan fingerprint density at radius 1 is 1.43 bits per heavy atom. The van der Waals surface area contributed by atoms with E-state index in [1.54, 1.807) is 6.20 Å². The summed E-state index contributed by atoms with van der Waals surface area (Å²) in [6, 6.07) is 0. The number of hydrogen-bond donors (Lipinski definition) is 1. The van der Waals surface area contributed by atoms with Crippen LogP contribution in [0.15, 0.2) is 6.20 Å². The lowest BCUT2D eigenvalue weighted by atomic mass is 10.2. The summed E-state index contributed by atoms with van der Waals surface area (Å²) in [4.78, 5) is 3.25. The lowest BCUT2D eigenvalue weighted by molar-refractivity contribution is 0.326. The maximum Gasteiger partial charge on any atom is 0.258 e. The summed E-state index contributed by atoms with van der Waals surface area (Å²) in [6.07, 6.45) is 1.76. The fourth-order valence-electron chi connectivity index (χ4n) is 1.49. The Morgan fingerprint density at radius 3 is 2.93 bits per heavy atom. The number of ether oxygens (including phenoxy) is 1. The van der Waals surface area contributed by atoms with E-state index >= 15 is 0 Å². The van der Waals surface area contributed by atoms with Gasteiger partial charge in [0.15, 0.2) is 0 Å². The quantitative estimate of drug-likeness (QED) is 0.789. The van der Waals surface area contributed by atoms with Crippen LogP contribution < -0.4 is 4.74 Å². The van der Waals surface area contributed by atoms with Crippen molar-refractivity contribution in [3.8, 4) is 5.88 Å². The summed E-state index contributed by atoms with van der Waals surface area (Å²) in [5.74, 6) is 0.584. The van der Waals surface area contributed by atoms with Crippen molar-refractivity contribution in [3.63, 3.8) is 0 Å². The number of fused-ring (bicyclic) bond motifs is 1. The van der Waals surface area contributed by atoms with Crippen LogP contribution in [0.2, 0.25) is 0 Å². The second-order valence-corrected chi connectivity index (χ2v) is 3.25. The number of nitrogens with one attached hydrogen (secondary N) is 1. The van der Waals surface area contributed by atoms with Crippen LogP contribution in [0.4, 0.5) is 0 Å². The molecule has 2 aromatic rings. The van der Waals surface area contributed by atoms with Gasteiger partial charge < -0.3 is 9.72 Å². The Balaban J connectivity index is 2.68. The molecule has 2 aromatic heterocycles. The van der Waals surface area contributed by atoms with Crippen molar-refractivity contribution in [3.05, 3.63) is 17.5 Å². The zero-order valence-electron chi connectivity index (χ0n) is 8.59. The second-order valence-electron chi connectivity index (χ2n) is 3.25. The predicted molar refractivity (Wildman–Crippen MR) is 54.5 cm³/mol. The normalized spacial score (nSPS) is 10.8. The van der Waals surface area contributed by atoms with Gasteiger partial charge in [0.25, 0.3) is 5.88 Å². The van der Waals surface area contributed by atoms with E-state index in [1.165, 1.54) is 5.56 Å². The van der Waals surface area contributed by atoms with Gasteiger partial charge in [-0.05, 0) is 26.3 Å². The molecule has 14 heavy (non-hydrogen) atoms. The van der Waals surface area contributed by atoms with E-state index < -0.39 is 0 Å². The van der Waals surface area contributed by atoms with Gasteiger partial charge in [0.1, 0.15) is 5.52 Å². The standard InChI is InChI=1S/C10H13N3O/c1-4-14-10-9-8(5-11-13-10)6(2)7(3)12-9/h5,12H,4H2,1-3H3. The predicted octanol–water partition coefficient (Wildman–Crippen LogP) is 1.97.